The van der Waals surface area contributed by atoms with Gasteiger partial charge in [0.25, 0.3) is 5.91 Å². The Labute approximate surface area is 135 Å². The Balaban J connectivity index is 1.96. The Bertz CT molecular complexity index is 713. The van der Waals surface area contributed by atoms with Crippen LogP contribution in [-0.4, -0.2) is 23.3 Å². The van der Waals surface area contributed by atoms with Crippen molar-refractivity contribution < 1.29 is 14.3 Å². The molecule has 1 amide bonds. The van der Waals surface area contributed by atoms with Gasteiger partial charge >= 0.3 is 0 Å². The fraction of sp³-hybridized carbons (Fsp3) is 0.278. The van der Waals surface area contributed by atoms with Crippen LogP contribution in [0, 0.1) is 20.8 Å². The SMILES string of the molecule is CC(=O)c1ccc(OCC(=O)Nc2c(C)cc(C)nc2C)cc1. The minimum absolute atomic E-state index is 0.00730. The van der Waals surface area contributed by atoms with Gasteiger partial charge in [-0.1, -0.05) is 0 Å². The topological polar surface area (TPSA) is 68.3 Å². The summed E-state index contributed by atoms with van der Waals surface area (Å²) in [6, 6.07) is 8.62. The maximum atomic E-state index is 12.0. The lowest BCUT2D eigenvalue weighted by molar-refractivity contribution is -0.118. The number of hydrogen-bond acceptors (Lipinski definition) is 4. The summed E-state index contributed by atoms with van der Waals surface area (Å²) in [5, 5.41) is 2.83. The summed E-state index contributed by atoms with van der Waals surface area (Å²) in [6.45, 7) is 7.10. The number of aromatic nitrogens is 1. The maximum absolute atomic E-state index is 12.0. The predicted octanol–water partition coefficient (Wildman–Crippen LogP) is 3.23. The normalized spacial score (nSPS) is 10.3. The molecule has 0 aliphatic heterocycles. The zero-order chi connectivity index (χ0) is 17.0. The van der Waals surface area contributed by atoms with E-state index in [1.54, 1.807) is 24.3 Å². The quantitative estimate of drug-likeness (QED) is 0.861. The standard InChI is InChI=1S/C18H20N2O3/c1-11-9-12(2)19-13(3)18(11)20-17(22)10-23-16-7-5-15(6-8-16)14(4)21/h5-9H,10H2,1-4H3,(H,20,22). The molecule has 0 saturated carbocycles. The van der Waals surface area contributed by atoms with Crippen LogP contribution in [0.15, 0.2) is 30.3 Å². The summed E-state index contributed by atoms with van der Waals surface area (Å²) in [4.78, 5) is 27.6. The Hall–Kier alpha value is -2.69. The van der Waals surface area contributed by atoms with Crippen LogP contribution in [-0.2, 0) is 4.79 Å². The van der Waals surface area contributed by atoms with Gasteiger partial charge in [0, 0.05) is 11.3 Å². The molecule has 0 spiro atoms. The highest BCUT2D eigenvalue weighted by atomic mass is 16.5. The number of Topliss-reactive ketones (excluding diaryl/α,β-unsaturated/α-hetero) is 1. The number of hydrogen-bond donors (Lipinski definition) is 1. The average molecular weight is 312 g/mol. The number of anilines is 1. The summed E-state index contributed by atoms with van der Waals surface area (Å²) in [5.41, 5.74) is 3.99. The molecule has 23 heavy (non-hydrogen) atoms. The molecule has 0 atom stereocenters. The third-order valence-corrected chi connectivity index (χ3v) is 3.42. The number of amides is 1. The minimum atomic E-state index is -0.252. The third-order valence-electron chi connectivity index (χ3n) is 3.42. The first-order valence-electron chi connectivity index (χ1n) is 7.35. The second-order valence-corrected chi connectivity index (χ2v) is 5.46. The highest BCUT2D eigenvalue weighted by Gasteiger charge is 2.10. The monoisotopic (exact) mass is 312 g/mol. The molecule has 1 aromatic heterocycles. The van der Waals surface area contributed by atoms with Crippen molar-refractivity contribution in [3.05, 3.63) is 52.8 Å². The van der Waals surface area contributed by atoms with Gasteiger partial charge in [-0.2, -0.15) is 0 Å². The van der Waals surface area contributed by atoms with Crippen LogP contribution in [0.4, 0.5) is 5.69 Å². The van der Waals surface area contributed by atoms with E-state index in [1.165, 1.54) is 6.92 Å². The number of nitrogens with zero attached hydrogens (tertiary/aromatic N) is 1. The fourth-order valence-corrected chi connectivity index (χ4v) is 2.32. The Morgan fingerprint density at radius 1 is 1.13 bits per heavy atom. The molecule has 1 N–H and O–H groups in total. The predicted molar refractivity (Wildman–Crippen MR) is 89.0 cm³/mol. The number of rotatable bonds is 5. The van der Waals surface area contributed by atoms with Crippen molar-refractivity contribution in [1.82, 2.24) is 4.98 Å². The first kappa shape index (κ1) is 16.7. The van der Waals surface area contributed by atoms with Gasteiger partial charge in [-0.15, -0.1) is 0 Å². The van der Waals surface area contributed by atoms with Crippen molar-refractivity contribution in [2.24, 2.45) is 0 Å². The molecule has 2 aromatic rings. The molecular weight excluding hydrogens is 292 g/mol. The summed E-state index contributed by atoms with van der Waals surface area (Å²) in [7, 11) is 0. The van der Waals surface area contributed by atoms with Crippen molar-refractivity contribution in [2.75, 3.05) is 11.9 Å². The Kier molecular flexibility index (Phi) is 5.11. The number of carbonyl (C=O) groups is 2. The van der Waals surface area contributed by atoms with Gasteiger partial charge in [0.15, 0.2) is 12.4 Å². The third kappa shape index (κ3) is 4.39. The lowest BCUT2D eigenvalue weighted by Crippen LogP contribution is -2.21. The summed E-state index contributed by atoms with van der Waals surface area (Å²) in [5.74, 6) is 0.283. The lowest BCUT2D eigenvalue weighted by atomic mass is 10.1. The molecular formula is C18H20N2O3. The van der Waals surface area contributed by atoms with Crippen molar-refractivity contribution in [2.45, 2.75) is 27.7 Å². The first-order chi connectivity index (χ1) is 10.9. The summed E-state index contributed by atoms with van der Waals surface area (Å²) >= 11 is 0. The first-order valence-corrected chi connectivity index (χ1v) is 7.35. The van der Waals surface area contributed by atoms with Crippen LogP contribution in [0.1, 0.15) is 34.2 Å². The summed E-state index contributed by atoms with van der Waals surface area (Å²) < 4.78 is 5.43. The molecule has 0 bridgehead atoms. The van der Waals surface area contributed by atoms with Crippen LogP contribution in [0.5, 0.6) is 5.75 Å². The van der Waals surface area contributed by atoms with Crippen molar-refractivity contribution >= 4 is 17.4 Å². The molecule has 5 nitrogen and oxygen atoms in total. The van der Waals surface area contributed by atoms with Crippen LogP contribution >= 0.6 is 0 Å². The Morgan fingerprint density at radius 3 is 2.35 bits per heavy atom. The molecule has 1 heterocycles. The number of benzene rings is 1. The number of nitrogens with one attached hydrogen (secondary N) is 1. The van der Waals surface area contributed by atoms with Gasteiger partial charge in [0.2, 0.25) is 0 Å². The van der Waals surface area contributed by atoms with Crippen LogP contribution in [0.3, 0.4) is 0 Å². The van der Waals surface area contributed by atoms with E-state index in [0.29, 0.717) is 11.3 Å². The highest BCUT2D eigenvalue weighted by molar-refractivity contribution is 5.94. The summed E-state index contributed by atoms with van der Waals surface area (Å²) in [6.07, 6.45) is 0. The van der Waals surface area contributed by atoms with Gasteiger partial charge in [-0.05, 0) is 63.6 Å². The number of aryl methyl sites for hydroxylation is 3. The van der Waals surface area contributed by atoms with Crippen molar-refractivity contribution in [1.29, 1.82) is 0 Å². The van der Waals surface area contributed by atoms with Crippen LogP contribution in [0.25, 0.3) is 0 Å². The zero-order valence-corrected chi connectivity index (χ0v) is 13.8. The maximum Gasteiger partial charge on any atom is 0.262 e. The van der Waals surface area contributed by atoms with Crippen molar-refractivity contribution in [3.8, 4) is 5.75 Å². The molecule has 0 aliphatic carbocycles. The van der Waals surface area contributed by atoms with Crippen molar-refractivity contribution in [3.63, 3.8) is 0 Å². The minimum Gasteiger partial charge on any atom is -0.484 e. The van der Waals surface area contributed by atoms with Gasteiger partial charge in [0.1, 0.15) is 5.75 Å². The second-order valence-electron chi connectivity index (χ2n) is 5.46. The van der Waals surface area contributed by atoms with E-state index in [2.05, 4.69) is 10.3 Å². The molecule has 120 valence electrons. The molecule has 2 rings (SSSR count). The molecule has 0 saturated heterocycles. The van der Waals surface area contributed by atoms with Crippen LogP contribution in [0.2, 0.25) is 0 Å². The molecule has 0 aliphatic rings. The fourth-order valence-electron chi connectivity index (χ4n) is 2.32. The van der Waals surface area contributed by atoms with Gasteiger partial charge in [0.05, 0.1) is 11.4 Å². The lowest BCUT2D eigenvalue weighted by Gasteiger charge is -2.12. The van der Waals surface area contributed by atoms with E-state index >= 15 is 0 Å². The van der Waals surface area contributed by atoms with E-state index in [9.17, 15) is 9.59 Å². The van der Waals surface area contributed by atoms with E-state index in [1.807, 2.05) is 26.8 Å². The Morgan fingerprint density at radius 2 is 1.78 bits per heavy atom. The number of carbonyl (C=O) groups excluding carboxylic acids is 2. The number of ketones is 1. The van der Waals surface area contributed by atoms with Gasteiger partial charge in [-0.3, -0.25) is 14.6 Å². The molecule has 5 heteroatoms. The smallest absolute Gasteiger partial charge is 0.262 e. The highest BCUT2D eigenvalue weighted by Crippen LogP contribution is 2.19. The number of ether oxygens (including phenoxy) is 1. The van der Waals surface area contributed by atoms with E-state index in [0.717, 1.165) is 22.6 Å². The van der Waals surface area contributed by atoms with Crippen LogP contribution < -0.4 is 10.1 Å². The van der Waals surface area contributed by atoms with E-state index in [4.69, 9.17) is 4.74 Å². The van der Waals surface area contributed by atoms with E-state index < -0.39 is 0 Å². The number of pyridine rings is 1. The molecule has 0 unspecified atom stereocenters. The average Bonchev–Trinajstić information content (AvgIpc) is 2.49. The molecule has 1 aromatic carbocycles. The van der Waals surface area contributed by atoms with Gasteiger partial charge < -0.3 is 10.1 Å². The molecule has 0 radical (unpaired) electrons. The van der Waals surface area contributed by atoms with E-state index in [-0.39, 0.29) is 18.3 Å². The largest absolute Gasteiger partial charge is 0.484 e. The zero-order valence-electron chi connectivity index (χ0n) is 13.8. The second kappa shape index (κ2) is 7.05. The van der Waals surface area contributed by atoms with Gasteiger partial charge in [-0.25, -0.2) is 0 Å². The molecule has 0 fully saturated rings.